The molecule has 43 heavy (non-hydrogen) atoms. The van der Waals surface area contributed by atoms with Gasteiger partial charge in [-0.1, -0.05) is 42.5 Å². The maximum atomic E-state index is 14.6. The van der Waals surface area contributed by atoms with Crippen molar-refractivity contribution in [3.8, 4) is 11.5 Å². The van der Waals surface area contributed by atoms with Crippen LogP contribution in [-0.4, -0.2) is 66.1 Å². The van der Waals surface area contributed by atoms with Crippen LogP contribution in [0.2, 0.25) is 0 Å². The first kappa shape index (κ1) is 31.3. The fourth-order valence-corrected chi connectivity index (χ4v) is 4.74. The van der Waals surface area contributed by atoms with Crippen LogP contribution in [0.4, 0.5) is 4.39 Å². The standard InChI is InChI=1S/C31H28FNO9S/c1-39-31(38)28(20-8-2-5-11-23(20)32)33-15-14-26(43)19(17-33)16-27(35)40-18-41-29(36)22-10-4-7-13-25(22)42-30(37)21-9-3-6-12-24(21)34/h2-13,16,26,28,34,43H,14-15,17-18H2,1H3/b19-16-/t26?,28-/m0/s1. The largest absolute Gasteiger partial charge is 0.507 e. The zero-order valence-corrected chi connectivity index (χ0v) is 23.9. The number of hydrogen-bond donors (Lipinski definition) is 2. The number of nitrogens with zero attached hydrogens (tertiary/aromatic N) is 1. The van der Waals surface area contributed by atoms with Gasteiger partial charge in [0, 0.05) is 30.0 Å². The lowest BCUT2D eigenvalue weighted by Crippen LogP contribution is -2.42. The van der Waals surface area contributed by atoms with Crippen LogP contribution in [0, 0.1) is 5.82 Å². The van der Waals surface area contributed by atoms with Crippen molar-refractivity contribution in [3.05, 3.63) is 107 Å². The van der Waals surface area contributed by atoms with Gasteiger partial charge in [0.15, 0.2) is 0 Å². The number of rotatable bonds is 9. The van der Waals surface area contributed by atoms with E-state index in [1.807, 2.05) is 0 Å². The third kappa shape index (κ3) is 7.79. The van der Waals surface area contributed by atoms with Gasteiger partial charge in [-0.05, 0) is 42.3 Å². The monoisotopic (exact) mass is 609 g/mol. The van der Waals surface area contributed by atoms with Crippen LogP contribution in [-0.2, 0) is 23.8 Å². The molecule has 0 aromatic heterocycles. The molecule has 1 heterocycles. The Morgan fingerprint density at radius 1 is 0.977 bits per heavy atom. The summed E-state index contributed by atoms with van der Waals surface area (Å²) < 4.78 is 34.9. The normalized spacial score (nSPS) is 16.6. The Labute approximate surface area is 252 Å². The number of para-hydroxylation sites is 2. The van der Waals surface area contributed by atoms with Crippen LogP contribution in [0.5, 0.6) is 11.5 Å². The van der Waals surface area contributed by atoms with E-state index in [4.69, 9.17) is 18.9 Å². The minimum atomic E-state index is -1.03. The number of thiol groups is 1. The highest BCUT2D eigenvalue weighted by molar-refractivity contribution is 7.81. The second-order valence-corrected chi connectivity index (χ2v) is 9.98. The number of halogens is 1. The van der Waals surface area contributed by atoms with Gasteiger partial charge in [0.2, 0.25) is 6.79 Å². The molecule has 0 saturated carbocycles. The van der Waals surface area contributed by atoms with Crippen LogP contribution in [0.1, 0.15) is 38.7 Å². The number of aromatic hydroxyl groups is 1. The van der Waals surface area contributed by atoms with Gasteiger partial charge in [0.1, 0.15) is 34.5 Å². The van der Waals surface area contributed by atoms with E-state index in [2.05, 4.69) is 12.6 Å². The first-order chi connectivity index (χ1) is 20.7. The van der Waals surface area contributed by atoms with Gasteiger partial charge in [0.05, 0.1) is 7.11 Å². The zero-order valence-electron chi connectivity index (χ0n) is 23.0. The fraction of sp³-hybridized carbons (Fsp3) is 0.226. The summed E-state index contributed by atoms with van der Waals surface area (Å²) in [5, 5.41) is 9.55. The Morgan fingerprint density at radius 2 is 1.65 bits per heavy atom. The SMILES string of the molecule is COC(=O)[C@H](c1ccccc1F)N1CCC(S)/C(=C\C(=O)OCOC(=O)c2ccccc2OC(=O)c2ccccc2O)C1. The molecule has 3 aromatic carbocycles. The number of phenolic OH excluding ortho intramolecular Hbond substituents is 1. The van der Waals surface area contributed by atoms with E-state index in [-0.39, 0.29) is 40.0 Å². The third-order valence-electron chi connectivity index (χ3n) is 6.62. The van der Waals surface area contributed by atoms with Crippen molar-refractivity contribution in [3.63, 3.8) is 0 Å². The van der Waals surface area contributed by atoms with Crippen LogP contribution in [0.15, 0.2) is 84.4 Å². The summed E-state index contributed by atoms with van der Waals surface area (Å²) in [6.07, 6.45) is 1.64. The molecular formula is C31H28FNO9S. The molecule has 0 amide bonds. The van der Waals surface area contributed by atoms with Gasteiger partial charge in [-0.2, -0.15) is 12.6 Å². The van der Waals surface area contributed by atoms with Crippen molar-refractivity contribution < 1.29 is 47.6 Å². The molecule has 10 nitrogen and oxygen atoms in total. The number of esters is 4. The summed E-state index contributed by atoms with van der Waals surface area (Å²) in [7, 11) is 1.22. The Hall–Kier alpha value is -4.68. The summed E-state index contributed by atoms with van der Waals surface area (Å²) in [6, 6.07) is 16.4. The molecule has 1 fully saturated rings. The molecule has 1 N–H and O–H groups in total. The smallest absolute Gasteiger partial charge is 0.347 e. The van der Waals surface area contributed by atoms with Gasteiger partial charge < -0.3 is 24.1 Å². The van der Waals surface area contributed by atoms with E-state index in [0.717, 1.165) is 0 Å². The van der Waals surface area contributed by atoms with E-state index in [9.17, 15) is 28.7 Å². The summed E-state index contributed by atoms with van der Waals surface area (Å²) in [4.78, 5) is 52.0. The van der Waals surface area contributed by atoms with E-state index < -0.39 is 42.5 Å². The summed E-state index contributed by atoms with van der Waals surface area (Å²) in [5.41, 5.74) is 0.453. The van der Waals surface area contributed by atoms with Crippen LogP contribution >= 0.6 is 12.6 Å². The number of carbonyl (C=O) groups is 4. The Morgan fingerprint density at radius 3 is 2.37 bits per heavy atom. The molecule has 0 bridgehead atoms. The van der Waals surface area contributed by atoms with Crippen molar-refractivity contribution in [2.24, 2.45) is 0 Å². The molecule has 1 aliphatic heterocycles. The van der Waals surface area contributed by atoms with E-state index >= 15 is 0 Å². The maximum Gasteiger partial charge on any atom is 0.347 e. The molecule has 0 spiro atoms. The minimum Gasteiger partial charge on any atom is -0.507 e. The second-order valence-electron chi connectivity index (χ2n) is 9.36. The van der Waals surface area contributed by atoms with Gasteiger partial charge >= 0.3 is 23.9 Å². The molecule has 0 aliphatic carbocycles. The molecule has 1 unspecified atom stereocenters. The molecule has 4 rings (SSSR count). The lowest BCUT2D eigenvalue weighted by Gasteiger charge is -2.36. The molecule has 2 atom stereocenters. The number of carbonyl (C=O) groups excluding carboxylic acids is 4. The van der Waals surface area contributed by atoms with Gasteiger partial charge in [-0.15, -0.1) is 0 Å². The van der Waals surface area contributed by atoms with Crippen molar-refractivity contribution in [1.29, 1.82) is 0 Å². The highest BCUT2D eigenvalue weighted by Gasteiger charge is 2.35. The molecule has 1 saturated heterocycles. The predicted octanol–water partition coefficient (Wildman–Crippen LogP) is 4.25. The fourth-order valence-electron chi connectivity index (χ4n) is 4.47. The molecular weight excluding hydrogens is 581 g/mol. The van der Waals surface area contributed by atoms with Gasteiger partial charge in [0.25, 0.3) is 0 Å². The number of ether oxygens (including phenoxy) is 4. The first-order valence-corrected chi connectivity index (χ1v) is 13.6. The van der Waals surface area contributed by atoms with Crippen LogP contribution in [0.25, 0.3) is 0 Å². The molecule has 12 heteroatoms. The number of benzene rings is 3. The summed E-state index contributed by atoms with van der Waals surface area (Å²) in [5.74, 6) is -4.26. The molecule has 3 aromatic rings. The van der Waals surface area contributed by atoms with Crippen molar-refractivity contribution in [2.75, 3.05) is 27.0 Å². The zero-order chi connectivity index (χ0) is 30.9. The average molecular weight is 610 g/mol. The Balaban J connectivity index is 1.38. The Bertz CT molecular complexity index is 1540. The number of methoxy groups -OCH3 is 1. The number of phenols is 1. The summed E-state index contributed by atoms with van der Waals surface area (Å²) >= 11 is 4.53. The topological polar surface area (TPSA) is 129 Å². The molecule has 224 valence electrons. The highest BCUT2D eigenvalue weighted by Crippen LogP contribution is 2.31. The van der Waals surface area contributed by atoms with Crippen molar-refractivity contribution >= 4 is 36.5 Å². The second kappa shape index (κ2) is 14.5. The van der Waals surface area contributed by atoms with E-state index in [1.54, 1.807) is 23.1 Å². The lowest BCUT2D eigenvalue weighted by atomic mass is 9.98. The Kier molecular flexibility index (Phi) is 10.5. The highest BCUT2D eigenvalue weighted by atomic mass is 32.1. The molecule has 1 aliphatic rings. The van der Waals surface area contributed by atoms with Gasteiger partial charge in [-0.3, -0.25) is 4.90 Å². The van der Waals surface area contributed by atoms with Crippen molar-refractivity contribution in [2.45, 2.75) is 17.7 Å². The minimum absolute atomic E-state index is 0.0942. The number of hydrogen-bond acceptors (Lipinski definition) is 11. The van der Waals surface area contributed by atoms with E-state index in [0.29, 0.717) is 18.5 Å². The average Bonchev–Trinajstić information content (AvgIpc) is 3.00. The van der Waals surface area contributed by atoms with Crippen LogP contribution in [0.3, 0.4) is 0 Å². The quantitative estimate of drug-likeness (QED) is 0.119. The predicted molar refractivity (Wildman–Crippen MR) is 154 cm³/mol. The number of piperidine rings is 1. The number of likely N-dealkylation sites (tertiary alicyclic amines) is 1. The summed E-state index contributed by atoms with van der Waals surface area (Å²) in [6.45, 7) is -0.253. The van der Waals surface area contributed by atoms with Crippen LogP contribution < -0.4 is 4.74 Å². The first-order valence-electron chi connectivity index (χ1n) is 13.1. The lowest BCUT2D eigenvalue weighted by molar-refractivity contribution is -0.147. The molecule has 0 radical (unpaired) electrons. The van der Waals surface area contributed by atoms with E-state index in [1.165, 1.54) is 67.8 Å². The van der Waals surface area contributed by atoms with Gasteiger partial charge in [-0.25, -0.2) is 23.6 Å². The maximum absolute atomic E-state index is 14.6. The van der Waals surface area contributed by atoms with Crippen molar-refractivity contribution in [1.82, 2.24) is 4.90 Å². The third-order valence-corrected chi connectivity index (χ3v) is 7.21.